The lowest BCUT2D eigenvalue weighted by Crippen LogP contribution is -2.37. The molecule has 1 aromatic heterocycles. The first-order valence-corrected chi connectivity index (χ1v) is 6.10. The van der Waals surface area contributed by atoms with Gasteiger partial charge in [0.05, 0.1) is 12.2 Å². The minimum atomic E-state index is -0.506. The van der Waals surface area contributed by atoms with Crippen LogP contribution in [0.25, 0.3) is 0 Å². The van der Waals surface area contributed by atoms with E-state index < -0.39 is 6.10 Å². The van der Waals surface area contributed by atoms with Crippen LogP contribution >= 0.6 is 0 Å². The number of aliphatic hydroxyl groups excluding tert-OH is 2. The summed E-state index contributed by atoms with van der Waals surface area (Å²) in [5, 5.41) is 19.0. The second kappa shape index (κ2) is 5.02. The number of aliphatic hydroxyl groups is 2. The second-order valence-electron chi connectivity index (χ2n) is 4.96. The van der Waals surface area contributed by atoms with Crippen molar-refractivity contribution in [1.82, 2.24) is 4.98 Å². The van der Waals surface area contributed by atoms with Crippen LogP contribution in [0.15, 0.2) is 18.3 Å². The maximum absolute atomic E-state index is 9.69. The first kappa shape index (κ1) is 12.3. The van der Waals surface area contributed by atoms with Gasteiger partial charge in [0.1, 0.15) is 5.82 Å². The summed E-state index contributed by atoms with van der Waals surface area (Å²) in [5.41, 5.74) is 0.856. The molecule has 94 valence electrons. The van der Waals surface area contributed by atoms with Crippen molar-refractivity contribution < 1.29 is 10.2 Å². The van der Waals surface area contributed by atoms with Gasteiger partial charge in [0.25, 0.3) is 0 Å². The zero-order chi connectivity index (χ0) is 12.4. The third kappa shape index (κ3) is 2.76. The number of pyridine rings is 1. The van der Waals surface area contributed by atoms with Gasteiger partial charge in [-0.1, -0.05) is 6.07 Å². The van der Waals surface area contributed by atoms with Gasteiger partial charge in [0.15, 0.2) is 0 Å². The Hall–Kier alpha value is -1.13. The zero-order valence-corrected chi connectivity index (χ0v) is 10.4. The highest BCUT2D eigenvalue weighted by molar-refractivity contribution is 5.47. The molecule has 1 fully saturated rings. The molecule has 0 spiro atoms. The van der Waals surface area contributed by atoms with Crippen LogP contribution in [0, 0.1) is 5.92 Å². The Kier molecular flexibility index (Phi) is 3.64. The van der Waals surface area contributed by atoms with E-state index in [0.717, 1.165) is 30.8 Å². The third-order valence-electron chi connectivity index (χ3n) is 3.37. The molecule has 0 saturated heterocycles. The lowest BCUT2D eigenvalue weighted by atomic mass is 9.82. The molecule has 1 saturated carbocycles. The minimum absolute atomic E-state index is 0.117. The molecule has 1 aliphatic rings. The predicted molar refractivity (Wildman–Crippen MR) is 66.9 cm³/mol. The van der Waals surface area contributed by atoms with Gasteiger partial charge >= 0.3 is 0 Å². The highest BCUT2D eigenvalue weighted by Crippen LogP contribution is 2.30. The van der Waals surface area contributed by atoms with Gasteiger partial charge < -0.3 is 15.1 Å². The summed E-state index contributed by atoms with van der Waals surface area (Å²) in [5.74, 6) is 1.38. The Balaban J connectivity index is 2.05. The highest BCUT2D eigenvalue weighted by atomic mass is 16.3. The number of hydrogen-bond acceptors (Lipinski definition) is 4. The molecule has 1 heterocycles. The zero-order valence-electron chi connectivity index (χ0n) is 10.4. The average molecular weight is 236 g/mol. The maximum Gasteiger partial charge on any atom is 0.134 e. The van der Waals surface area contributed by atoms with Gasteiger partial charge in [0.2, 0.25) is 0 Å². The van der Waals surface area contributed by atoms with Crippen molar-refractivity contribution in [3.63, 3.8) is 0 Å². The van der Waals surface area contributed by atoms with Crippen LogP contribution in [0.4, 0.5) is 5.82 Å². The van der Waals surface area contributed by atoms with E-state index in [1.165, 1.54) is 0 Å². The first-order valence-electron chi connectivity index (χ1n) is 6.10. The molecule has 0 amide bonds. The molecule has 4 nitrogen and oxygen atoms in total. The summed E-state index contributed by atoms with van der Waals surface area (Å²) in [6.07, 6.45) is 2.87. The van der Waals surface area contributed by atoms with Crippen LogP contribution in [-0.4, -0.2) is 34.9 Å². The summed E-state index contributed by atoms with van der Waals surface area (Å²) in [7, 11) is 1.99. The van der Waals surface area contributed by atoms with Crippen molar-refractivity contribution in [2.75, 3.05) is 18.5 Å². The van der Waals surface area contributed by atoms with Gasteiger partial charge in [-0.3, -0.25) is 0 Å². The third-order valence-corrected chi connectivity index (χ3v) is 3.37. The molecule has 0 radical (unpaired) electrons. The summed E-state index contributed by atoms with van der Waals surface area (Å²) < 4.78 is 0. The van der Waals surface area contributed by atoms with E-state index in [1.54, 1.807) is 13.1 Å². The van der Waals surface area contributed by atoms with Crippen LogP contribution in [0.5, 0.6) is 0 Å². The smallest absolute Gasteiger partial charge is 0.134 e. The Morgan fingerprint density at radius 2 is 2.24 bits per heavy atom. The standard InChI is InChI=1S/C13H20N2O2/c1-9(16)12-4-3-5-14-13(12)15(2)8-10-6-11(17)7-10/h3-5,9-11,16-17H,6-8H2,1-2H3. The van der Waals surface area contributed by atoms with Crippen LogP contribution < -0.4 is 4.90 Å². The number of aromatic nitrogens is 1. The van der Waals surface area contributed by atoms with Crippen molar-refractivity contribution in [3.05, 3.63) is 23.9 Å². The number of nitrogens with zero attached hydrogens (tertiary/aromatic N) is 2. The molecule has 0 bridgehead atoms. The normalized spacial score (nSPS) is 25.2. The van der Waals surface area contributed by atoms with Gasteiger partial charge in [-0.15, -0.1) is 0 Å². The number of anilines is 1. The van der Waals surface area contributed by atoms with Crippen LogP contribution in [-0.2, 0) is 0 Å². The van der Waals surface area contributed by atoms with Crippen LogP contribution in [0.1, 0.15) is 31.4 Å². The molecule has 1 aliphatic carbocycles. The maximum atomic E-state index is 9.69. The summed E-state index contributed by atoms with van der Waals surface area (Å²) in [6.45, 7) is 2.63. The lowest BCUT2D eigenvalue weighted by Gasteiger charge is -2.35. The van der Waals surface area contributed by atoms with Gasteiger partial charge in [-0.05, 0) is 31.7 Å². The van der Waals surface area contributed by atoms with Crippen LogP contribution in [0.2, 0.25) is 0 Å². The van der Waals surface area contributed by atoms with Gasteiger partial charge in [-0.25, -0.2) is 4.98 Å². The SMILES string of the molecule is CC(O)c1cccnc1N(C)CC1CC(O)C1. The van der Waals surface area contributed by atoms with E-state index in [2.05, 4.69) is 9.88 Å². The molecule has 1 atom stereocenters. The molecule has 1 aromatic rings. The van der Waals surface area contributed by atoms with Gasteiger partial charge in [-0.2, -0.15) is 0 Å². The Labute approximate surface area is 102 Å². The number of rotatable bonds is 4. The van der Waals surface area contributed by atoms with Gasteiger partial charge in [0, 0.05) is 25.4 Å². The van der Waals surface area contributed by atoms with Crippen molar-refractivity contribution >= 4 is 5.82 Å². The van der Waals surface area contributed by atoms with E-state index in [0.29, 0.717) is 5.92 Å². The quantitative estimate of drug-likeness (QED) is 0.828. The van der Waals surface area contributed by atoms with E-state index in [-0.39, 0.29) is 6.10 Å². The first-order chi connectivity index (χ1) is 8.08. The van der Waals surface area contributed by atoms with E-state index >= 15 is 0 Å². The molecule has 2 rings (SSSR count). The van der Waals surface area contributed by atoms with E-state index in [1.807, 2.05) is 19.2 Å². The Morgan fingerprint density at radius 1 is 1.53 bits per heavy atom. The second-order valence-corrected chi connectivity index (χ2v) is 4.96. The van der Waals surface area contributed by atoms with Crippen LogP contribution in [0.3, 0.4) is 0 Å². The molecular formula is C13H20N2O2. The predicted octanol–water partition coefficient (Wildman–Crippen LogP) is 1.34. The molecule has 0 aromatic carbocycles. The molecule has 0 aliphatic heterocycles. The molecule has 17 heavy (non-hydrogen) atoms. The molecule has 2 N–H and O–H groups in total. The largest absolute Gasteiger partial charge is 0.393 e. The minimum Gasteiger partial charge on any atom is -0.393 e. The summed E-state index contributed by atoms with van der Waals surface area (Å²) in [4.78, 5) is 6.40. The monoisotopic (exact) mass is 236 g/mol. The average Bonchev–Trinajstić information content (AvgIpc) is 2.27. The summed E-state index contributed by atoms with van der Waals surface area (Å²) in [6, 6.07) is 3.74. The summed E-state index contributed by atoms with van der Waals surface area (Å²) >= 11 is 0. The fraction of sp³-hybridized carbons (Fsp3) is 0.615. The lowest BCUT2D eigenvalue weighted by molar-refractivity contribution is 0.0463. The fourth-order valence-corrected chi connectivity index (χ4v) is 2.38. The van der Waals surface area contributed by atoms with Crippen molar-refractivity contribution in [2.45, 2.75) is 32.0 Å². The molecule has 4 heteroatoms. The topological polar surface area (TPSA) is 56.6 Å². The number of hydrogen-bond donors (Lipinski definition) is 2. The Bertz CT molecular complexity index is 375. The van der Waals surface area contributed by atoms with Crippen molar-refractivity contribution in [2.24, 2.45) is 5.92 Å². The fourth-order valence-electron chi connectivity index (χ4n) is 2.38. The van der Waals surface area contributed by atoms with E-state index in [9.17, 15) is 10.2 Å². The molecule has 1 unspecified atom stereocenters. The Morgan fingerprint density at radius 3 is 2.82 bits per heavy atom. The van der Waals surface area contributed by atoms with Crippen molar-refractivity contribution in [1.29, 1.82) is 0 Å². The highest BCUT2D eigenvalue weighted by Gasteiger charge is 2.28. The van der Waals surface area contributed by atoms with E-state index in [4.69, 9.17) is 0 Å². The molecular weight excluding hydrogens is 216 g/mol. The van der Waals surface area contributed by atoms with Crippen molar-refractivity contribution in [3.8, 4) is 0 Å².